The fourth-order valence-corrected chi connectivity index (χ4v) is 3.80. The molecule has 6 heteroatoms. The van der Waals surface area contributed by atoms with E-state index in [0.717, 1.165) is 20.9 Å². The van der Waals surface area contributed by atoms with Crippen molar-refractivity contribution in [2.45, 2.75) is 0 Å². The fraction of sp³-hybridized carbons (Fsp3) is 0. The fourth-order valence-electron chi connectivity index (χ4n) is 2.21. The van der Waals surface area contributed by atoms with Crippen molar-refractivity contribution in [3.63, 3.8) is 0 Å². The first kappa shape index (κ1) is 14.0. The number of nitrogens with one attached hydrogen (secondary N) is 1. The van der Waals surface area contributed by atoms with Crippen LogP contribution in [0.5, 0.6) is 0 Å². The average molecular weight is 336 g/mol. The van der Waals surface area contributed by atoms with Gasteiger partial charge in [-0.2, -0.15) is 5.10 Å². The van der Waals surface area contributed by atoms with E-state index in [1.165, 1.54) is 10.4 Å². The number of nitrogens with zero attached hydrogens (tertiary/aromatic N) is 3. The number of rotatable bonds is 4. The number of thiophene rings is 2. The van der Waals surface area contributed by atoms with Crippen LogP contribution in [-0.2, 0) is 0 Å². The van der Waals surface area contributed by atoms with Gasteiger partial charge in [0.05, 0.1) is 11.6 Å². The molecule has 4 aromatic rings. The highest BCUT2D eigenvalue weighted by atomic mass is 32.1. The van der Waals surface area contributed by atoms with Gasteiger partial charge in [0.25, 0.3) is 0 Å². The lowest BCUT2D eigenvalue weighted by Gasteiger charge is -1.99. The molecule has 0 atom stereocenters. The van der Waals surface area contributed by atoms with Crippen molar-refractivity contribution in [1.29, 1.82) is 0 Å². The molecular weight excluding hydrogens is 324 g/mol. The molecule has 0 saturated heterocycles. The van der Waals surface area contributed by atoms with Crippen LogP contribution in [0.1, 0.15) is 4.88 Å². The summed E-state index contributed by atoms with van der Waals surface area (Å²) in [6.45, 7) is 0. The Kier molecular flexibility index (Phi) is 3.83. The summed E-state index contributed by atoms with van der Waals surface area (Å²) in [7, 11) is 0. The summed E-state index contributed by atoms with van der Waals surface area (Å²) in [6, 6.07) is 16.4. The highest BCUT2D eigenvalue weighted by Gasteiger charge is 2.09. The molecule has 0 radical (unpaired) electrons. The second kappa shape index (κ2) is 6.28. The molecule has 0 fully saturated rings. The molecule has 0 aliphatic rings. The average Bonchev–Trinajstić information content (AvgIpc) is 3.25. The second-order valence-electron chi connectivity index (χ2n) is 4.80. The molecule has 0 unspecified atom stereocenters. The maximum absolute atomic E-state index is 4.36. The molecule has 0 saturated carbocycles. The molecular formula is C17H12N4S2. The molecule has 3 heterocycles. The minimum Gasteiger partial charge on any atom is -0.261 e. The summed E-state index contributed by atoms with van der Waals surface area (Å²) < 4.78 is 0. The van der Waals surface area contributed by atoms with Gasteiger partial charge >= 0.3 is 0 Å². The van der Waals surface area contributed by atoms with E-state index in [1.54, 1.807) is 35.2 Å². The van der Waals surface area contributed by atoms with E-state index in [2.05, 4.69) is 38.7 Å². The molecule has 4 rings (SSSR count). The molecule has 112 valence electrons. The molecule has 0 aliphatic heterocycles. The molecule has 4 nitrogen and oxygen atoms in total. The maximum atomic E-state index is 4.36. The van der Waals surface area contributed by atoms with Gasteiger partial charge in [0.2, 0.25) is 0 Å². The van der Waals surface area contributed by atoms with Crippen LogP contribution in [0.15, 0.2) is 65.3 Å². The van der Waals surface area contributed by atoms with Gasteiger partial charge in [-0.05, 0) is 23.1 Å². The van der Waals surface area contributed by atoms with E-state index >= 15 is 0 Å². The van der Waals surface area contributed by atoms with Gasteiger partial charge in [0.1, 0.15) is 11.2 Å². The molecule has 1 N–H and O–H groups in total. The molecule has 0 amide bonds. The van der Waals surface area contributed by atoms with E-state index in [9.17, 15) is 0 Å². The van der Waals surface area contributed by atoms with Gasteiger partial charge in [-0.3, -0.25) is 5.43 Å². The number of fused-ring (bicyclic) bond motifs is 1. The molecule has 0 bridgehead atoms. The predicted octanol–water partition coefficient (Wildman–Crippen LogP) is 4.87. The van der Waals surface area contributed by atoms with Gasteiger partial charge < -0.3 is 0 Å². The Hall–Kier alpha value is -2.57. The van der Waals surface area contributed by atoms with Crippen LogP contribution in [0.4, 0.5) is 5.82 Å². The number of benzene rings is 1. The number of hydrogen-bond donors (Lipinski definition) is 1. The van der Waals surface area contributed by atoms with Crippen LogP contribution < -0.4 is 5.43 Å². The lowest BCUT2D eigenvalue weighted by molar-refractivity contribution is 1.19. The molecule has 23 heavy (non-hydrogen) atoms. The predicted molar refractivity (Wildman–Crippen MR) is 98.4 cm³/mol. The van der Waals surface area contributed by atoms with Gasteiger partial charge in [-0.1, -0.05) is 36.4 Å². The first-order valence-corrected chi connectivity index (χ1v) is 8.72. The van der Waals surface area contributed by atoms with Crippen LogP contribution in [0, 0.1) is 0 Å². The number of anilines is 1. The summed E-state index contributed by atoms with van der Waals surface area (Å²) in [5.74, 6) is 0.723. The van der Waals surface area contributed by atoms with E-state index in [1.807, 2.05) is 35.7 Å². The Morgan fingerprint density at radius 1 is 1.04 bits per heavy atom. The Balaban J connectivity index is 1.66. The summed E-state index contributed by atoms with van der Waals surface area (Å²) in [6.07, 6.45) is 3.36. The van der Waals surface area contributed by atoms with E-state index in [4.69, 9.17) is 0 Å². The largest absolute Gasteiger partial charge is 0.261 e. The minimum absolute atomic E-state index is 0.723. The first-order chi connectivity index (χ1) is 11.4. The van der Waals surface area contributed by atoms with Gasteiger partial charge in [-0.15, -0.1) is 22.7 Å². The Labute approximate surface area is 141 Å². The monoisotopic (exact) mass is 336 g/mol. The number of hydrazone groups is 1. The number of aromatic nitrogens is 2. The number of hydrogen-bond acceptors (Lipinski definition) is 6. The summed E-state index contributed by atoms with van der Waals surface area (Å²) in [5, 5.41) is 7.27. The third kappa shape index (κ3) is 2.99. The quantitative estimate of drug-likeness (QED) is 0.427. The Morgan fingerprint density at radius 3 is 2.78 bits per heavy atom. The van der Waals surface area contributed by atoms with Gasteiger partial charge in [0.15, 0.2) is 5.82 Å². The van der Waals surface area contributed by atoms with Gasteiger partial charge in [-0.25, -0.2) is 9.97 Å². The third-order valence-corrected chi connectivity index (χ3v) is 5.19. The summed E-state index contributed by atoms with van der Waals surface area (Å²) >= 11 is 3.30. The van der Waals surface area contributed by atoms with Crippen molar-refractivity contribution in [3.8, 4) is 10.4 Å². The lowest BCUT2D eigenvalue weighted by Crippen LogP contribution is -1.93. The highest BCUT2D eigenvalue weighted by molar-refractivity contribution is 7.21. The van der Waals surface area contributed by atoms with Crippen LogP contribution in [0.2, 0.25) is 0 Å². The van der Waals surface area contributed by atoms with Crippen LogP contribution >= 0.6 is 22.7 Å². The van der Waals surface area contributed by atoms with E-state index in [-0.39, 0.29) is 0 Å². The zero-order valence-electron chi connectivity index (χ0n) is 12.0. The van der Waals surface area contributed by atoms with E-state index < -0.39 is 0 Å². The standard InChI is InChI=1S/C17H12N4S2/c1-2-5-12(6-3-1)15-9-14-16(18-11-19-17(14)23-15)21-20-10-13-7-4-8-22-13/h1-11H,(H,18,19,21)/b20-10-. The van der Waals surface area contributed by atoms with Crippen molar-refractivity contribution < 1.29 is 0 Å². The Bertz CT molecular complexity index is 943. The summed E-state index contributed by atoms with van der Waals surface area (Å²) in [5.41, 5.74) is 4.21. The van der Waals surface area contributed by atoms with E-state index in [0.29, 0.717) is 0 Å². The van der Waals surface area contributed by atoms with Crippen molar-refractivity contribution in [2.24, 2.45) is 5.10 Å². The SMILES string of the molecule is C(=N/Nc1ncnc2sc(-c3ccccc3)cc12)/c1cccs1. The normalized spacial score (nSPS) is 11.3. The lowest BCUT2D eigenvalue weighted by atomic mass is 10.2. The Morgan fingerprint density at radius 2 is 1.96 bits per heavy atom. The zero-order chi connectivity index (χ0) is 15.5. The topological polar surface area (TPSA) is 50.2 Å². The highest BCUT2D eigenvalue weighted by Crippen LogP contribution is 2.34. The smallest absolute Gasteiger partial charge is 0.158 e. The van der Waals surface area contributed by atoms with Crippen molar-refractivity contribution >= 4 is 44.9 Å². The first-order valence-electron chi connectivity index (χ1n) is 7.03. The molecule has 1 aromatic carbocycles. The third-order valence-electron chi connectivity index (χ3n) is 3.29. The zero-order valence-corrected chi connectivity index (χ0v) is 13.6. The van der Waals surface area contributed by atoms with Crippen LogP contribution in [0.3, 0.4) is 0 Å². The summed E-state index contributed by atoms with van der Waals surface area (Å²) in [4.78, 5) is 11.9. The molecule has 0 spiro atoms. The van der Waals surface area contributed by atoms with Crippen LogP contribution in [0.25, 0.3) is 20.7 Å². The van der Waals surface area contributed by atoms with Gasteiger partial charge in [0, 0.05) is 9.75 Å². The minimum atomic E-state index is 0.723. The maximum Gasteiger partial charge on any atom is 0.158 e. The van der Waals surface area contributed by atoms with Crippen LogP contribution in [-0.4, -0.2) is 16.2 Å². The van der Waals surface area contributed by atoms with Crippen molar-refractivity contribution in [1.82, 2.24) is 9.97 Å². The van der Waals surface area contributed by atoms with Crippen molar-refractivity contribution in [2.75, 3.05) is 5.43 Å². The molecule has 0 aliphatic carbocycles. The van der Waals surface area contributed by atoms with Crippen molar-refractivity contribution in [3.05, 3.63) is 65.1 Å². The molecule has 3 aromatic heterocycles. The second-order valence-corrected chi connectivity index (χ2v) is 6.81.